The van der Waals surface area contributed by atoms with Crippen molar-refractivity contribution in [1.82, 2.24) is 9.78 Å². The number of rotatable bonds is 4. The van der Waals surface area contributed by atoms with Gasteiger partial charge in [0.15, 0.2) is 5.69 Å². The largest absolute Gasteiger partial charge is 0.378 e. The van der Waals surface area contributed by atoms with Crippen molar-refractivity contribution in [2.45, 2.75) is 0 Å². The van der Waals surface area contributed by atoms with Crippen molar-refractivity contribution >= 4 is 29.1 Å². The van der Waals surface area contributed by atoms with Crippen molar-refractivity contribution < 1.29 is 4.79 Å². The first-order valence-electron chi connectivity index (χ1n) is 6.16. The first-order valence-corrected chi connectivity index (χ1v) is 6.54. The lowest BCUT2D eigenvalue weighted by molar-refractivity contribution is 0.104. The Labute approximate surface area is 123 Å². The third-order valence-electron chi connectivity index (χ3n) is 2.85. The average molecular weight is 290 g/mol. The summed E-state index contributed by atoms with van der Waals surface area (Å²) in [6, 6.07) is 7.91. The van der Waals surface area contributed by atoms with Gasteiger partial charge in [-0.25, -0.2) is 0 Å². The summed E-state index contributed by atoms with van der Waals surface area (Å²) in [6.45, 7) is 0. The van der Waals surface area contributed by atoms with E-state index in [1.807, 2.05) is 43.3 Å². The van der Waals surface area contributed by atoms with Crippen LogP contribution in [-0.2, 0) is 7.05 Å². The Kier molecular flexibility index (Phi) is 4.25. The van der Waals surface area contributed by atoms with Crippen LogP contribution in [0.5, 0.6) is 0 Å². The molecule has 1 aromatic carbocycles. The van der Waals surface area contributed by atoms with E-state index < -0.39 is 0 Å². The summed E-state index contributed by atoms with van der Waals surface area (Å²) in [5, 5.41) is 4.40. The van der Waals surface area contributed by atoms with Gasteiger partial charge in [0.1, 0.15) is 0 Å². The van der Waals surface area contributed by atoms with Gasteiger partial charge in [-0.2, -0.15) is 5.10 Å². The van der Waals surface area contributed by atoms with Gasteiger partial charge in [-0.15, -0.1) is 0 Å². The molecule has 0 fully saturated rings. The van der Waals surface area contributed by atoms with Gasteiger partial charge in [0.05, 0.1) is 5.02 Å². The maximum atomic E-state index is 12.0. The number of hydrogen-bond donors (Lipinski definition) is 0. The van der Waals surface area contributed by atoms with Crippen molar-refractivity contribution in [1.29, 1.82) is 0 Å². The van der Waals surface area contributed by atoms with Crippen molar-refractivity contribution in [3.05, 3.63) is 52.8 Å². The van der Waals surface area contributed by atoms with Crippen LogP contribution in [0.4, 0.5) is 5.69 Å². The van der Waals surface area contributed by atoms with E-state index in [9.17, 15) is 4.79 Å². The monoisotopic (exact) mass is 289 g/mol. The second-order valence-electron chi connectivity index (χ2n) is 4.68. The zero-order valence-corrected chi connectivity index (χ0v) is 12.4. The molecule has 0 aliphatic rings. The van der Waals surface area contributed by atoms with Crippen molar-refractivity contribution in [2.75, 3.05) is 19.0 Å². The van der Waals surface area contributed by atoms with Crippen LogP contribution >= 0.6 is 11.6 Å². The number of hydrogen-bond acceptors (Lipinski definition) is 3. The van der Waals surface area contributed by atoms with E-state index in [1.54, 1.807) is 19.3 Å². The first-order chi connectivity index (χ1) is 9.47. The van der Waals surface area contributed by atoms with E-state index in [1.165, 1.54) is 10.8 Å². The van der Waals surface area contributed by atoms with Gasteiger partial charge in [0, 0.05) is 33.0 Å². The molecule has 104 valence electrons. The summed E-state index contributed by atoms with van der Waals surface area (Å²) in [7, 11) is 5.70. The molecule has 4 nitrogen and oxygen atoms in total. The third kappa shape index (κ3) is 3.27. The van der Waals surface area contributed by atoms with E-state index in [0.717, 1.165) is 11.3 Å². The normalized spacial score (nSPS) is 11.0. The number of ketones is 1. The number of carbonyl (C=O) groups is 1. The van der Waals surface area contributed by atoms with E-state index in [-0.39, 0.29) is 11.5 Å². The van der Waals surface area contributed by atoms with E-state index in [4.69, 9.17) is 11.6 Å². The molecule has 0 atom stereocenters. The van der Waals surface area contributed by atoms with Gasteiger partial charge in [-0.05, 0) is 23.8 Å². The fourth-order valence-corrected chi connectivity index (χ4v) is 2.03. The van der Waals surface area contributed by atoms with Gasteiger partial charge in [-0.3, -0.25) is 9.48 Å². The number of allylic oxidation sites excluding steroid dienone is 1. The minimum Gasteiger partial charge on any atom is -0.378 e. The van der Waals surface area contributed by atoms with Gasteiger partial charge in [0.25, 0.3) is 0 Å². The summed E-state index contributed by atoms with van der Waals surface area (Å²) in [6.07, 6.45) is 4.85. The second-order valence-corrected chi connectivity index (χ2v) is 5.09. The van der Waals surface area contributed by atoms with Crippen LogP contribution in [0.2, 0.25) is 5.02 Å². The number of aromatic nitrogens is 2. The maximum absolute atomic E-state index is 12.0. The first kappa shape index (κ1) is 14.3. The Bertz CT molecular complexity index is 642. The number of aryl methyl sites for hydroxylation is 1. The highest BCUT2D eigenvalue weighted by molar-refractivity contribution is 6.34. The van der Waals surface area contributed by atoms with E-state index >= 15 is 0 Å². The lowest BCUT2D eigenvalue weighted by atomic mass is 10.1. The molecule has 2 aromatic rings. The number of nitrogens with zero attached hydrogens (tertiary/aromatic N) is 3. The molecule has 0 bridgehead atoms. The molecule has 0 aliphatic heterocycles. The highest BCUT2D eigenvalue weighted by atomic mass is 35.5. The molecule has 0 spiro atoms. The van der Waals surface area contributed by atoms with Crippen LogP contribution in [0.15, 0.2) is 36.5 Å². The smallest absolute Gasteiger partial charge is 0.207 e. The number of anilines is 1. The second kappa shape index (κ2) is 5.92. The van der Waals surface area contributed by atoms with Crippen LogP contribution < -0.4 is 4.90 Å². The molecule has 0 unspecified atom stereocenters. The molecular weight excluding hydrogens is 274 g/mol. The Hall–Kier alpha value is -2.07. The average Bonchev–Trinajstić information content (AvgIpc) is 2.75. The van der Waals surface area contributed by atoms with E-state index in [0.29, 0.717) is 5.02 Å². The molecular formula is C15H16ClN3O. The van der Waals surface area contributed by atoms with Gasteiger partial charge < -0.3 is 4.90 Å². The minimum atomic E-state index is -0.202. The predicted molar refractivity (Wildman–Crippen MR) is 82.4 cm³/mol. The molecule has 20 heavy (non-hydrogen) atoms. The zero-order chi connectivity index (χ0) is 14.7. The lowest BCUT2D eigenvalue weighted by Gasteiger charge is -2.11. The molecule has 0 radical (unpaired) electrons. The molecule has 0 saturated heterocycles. The highest BCUT2D eigenvalue weighted by Gasteiger charge is 2.11. The van der Waals surface area contributed by atoms with Crippen molar-refractivity contribution in [3.63, 3.8) is 0 Å². The van der Waals surface area contributed by atoms with Crippen LogP contribution in [0.3, 0.4) is 0 Å². The molecule has 1 heterocycles. The Morgan fingerprint density at radius 1 is 1.30 bits per heavy atom. The topological polar surface area (TPSA) is 38.1 Å². The number of carbonyl (C=O) groups excluding carboxylic acids is 1. The van der Waals surface area contributed by atoms with Gasteiger partial charge in [0.2, 0.25) is 5.78 Å². The summed E-state index contributed by atoms with van der Waals surface area (Å²) < 4.78 is 1.52. The summed E-state index contributed by atoms with van der Waals surface area (Å²) >= 11 is 5.93. The molecule has 1 aromatic heterocycles. The minimum absolute atomic E-state index is 0.202. The predicted octanol–water partition coefficient (Wildman–Crippen LogP) is 3.04. The van der Waals surface area contributed by atoms with Crippen molar-refractivity contribution in [3.8, 4) is 0 Å². The number of halogens is 1. The van der Waals surface area contributed by atoms with Crippen LogP contribution in [0, 0.1) is 0 Å². The molecule has 0 amide bonds. The SMILES string of the molecule is CN(C)c1ccc(/C=C/C(=O)c2nn(C)cc2Cl)cc1. The summed E-state index contributed by atoms with van der Waals surface area (Å²) in [4.78, 5) is 14.0. The Morgan fingerprint density at radius 2 is 1.95 bits per heavy atom. The quantitative estimate of drug-likeness (QED) is 0.641. The maximum Gasteiger partial charge on any atom is 0.207 e. The van der Waals surface area contributed by atoms with Crippen molar-refractivity contribution in [2.24, 2.45) is 7.05 Å². The summed E-state index contributed by atoms with van der Waals surface area (Å²) in [5.41, 5.74) is 2.34. The Morgan fingerprint density at radius 3 is 2.45 bits per heavy atom. The molecule has 0 aliphatic carbocycles. The van der Waals surface area contributed by atoms with E-state index in [2.05, 4.69) is 5.10 Å². The molecule has 0 N–H and O–H groups in total. The standard InChI is InChI=1S/C15H16ClN3O/c1-18(2)12-7-4-11(5-8-12)6-9-14(20)15-13(16)10-19(3)17-15/h4-10H,1-3H3/b9-6+. The van der Waals surface area contributed by atoms with Gasteiger partial charge in [-0.1, -0.05) is 29.8 Å². The van der Waals surface area contributed by atoms with Crippen LogP contribution in [0.25, 0.3) is 6.08 Å². The molecule has 0 saturated carbocycles. The van der Waals surface area contributed by atoms with Crippen LogP contribution in [-0.4, -0.2) is 29.7 Å². The lowest BCUT2D eigenvalue weighted by Crippen LogP contribution is -2.07. The molecule has 2 rings (SSSR count). The Balaban J connectivity index is 2.13. The molecule has 5 heteroatoms. The van der Waals surface area contributed by atoms with Gasteiger partial charge >= 0.3 is 0 Å². The van der Waals surface area contributed by atoms with Crippen LogP contribution in [0.1, 0.15) is 16.1 Å². The fraction of sp³-hybridized carbons (Fsp3) is 0.200. The third-order valence-corrected chi connectivity index (χ3v) is 3.13. The number of benzene rings is 1. The zero-order valence-electron chi connectivity index (χ0n) is 11.7. The fourth-order valence-electron chi connectivity index (χ4n) is 1.76. The summed E-state index contributed by atoms with van der Waals surface area (Å²) in [5.74, 6) is -0.202. The highest BCUT2D eigenvalue weighted by Crippen LogP contribution is 2.16.